The highest BCUT2D eigenvalue weighted by atomic mass is 15.1. The van der Waals surface area contributed by atoms with Gasteiger partial charge in [0.2, 0.25) is 0 Å². The summed E-state index contributed by atoms with van der Waals surface area (Å²) in [6.07, 6.45) is 6.61. The maximum Gasteiger partial charge on any atom is 0.0954 e. The molecule has 1 rings (SSSR count). The number of rotatable bonds is 5. The summed E-state index contributed by atoms with van der Waals surface area (Å²) >= 11 is 0. The lowest BCUT2D eigenvalue weighted by Crippen LogP contribution is -2.24. The molecule has 0 aromatic carbocycles. The predicted molar refractivity (Wildman–Crippen MR) is 69.7 cm³/mol. The van der Waals surface area contributed by atoms with Crippen LogP contribution in [0, 0.1) is 5.92 Å². The Morgan fingerprint density at radius 3 is 2.44 bits per heavy atom. The fraction of sp³-hybridized carbons (Fsp3) is 0.786. The van der Waals surface area contributed by atoms with E-state index in [-0.39, 0.29) is 5.54 Å². The number of hydrogen-bond donors (Lipinski definition) is 0. The maximum absolute atomic E-state index is 4.55. The monoisotopic (exact) mass is 222 g/mol. The van der Waals surface area contributed by atoms with E-state index in [0.29, 0.717) is 11.8 Å². The molecule has 1 atom stereocenters. The van der Waals surface area contributed by atoms with Crippen LogP contribution in [0.5, 0.6) is 0 Å². The Bertz CT molecular complexity index is 323. The van der Waals surface area contributed by atoms with E-state index in [1.54, 1.807) is 0 Å². The van der Waals surface area contributed by atoms with Gasteiger partial charge in [-0.2, -0.15) is 0 Å². The smallest absolute Gasteiger partial charge is 0.0954 e. The molecule has 0 aliphatic carbocycles. The molecule has 0 N–H and O–H groups in total. The second-order valence-electron chi connectivity index (χ2n) is 5.80. The minimum Gasteiger partial charge on any atom is -0.332 e. The van der Waals surface area contributed by atoms with Crippen molar-refractivity contribution < 1.29 is 0 Å². The van der Waals surface area contributed by atoms with E-state index in [1.807, 2.05) is 6.33 Å². The zero-order valence-corrected chi connectivity index (χ0v) is 11.6. The van der Waals surface area contributed by atoms with E-state index in [9.17, 15) is 0 Å². The molecule has 0 fully saturated rings. The number of nitrogens with zero attached hydrogens (tertiary/aromatic N) is 2. The van der Waals surface area contributed by atoms with Crippen LogP contribution in [0.2, 0.25) is 0 Å². The van der Waals surface area contributed by atoms with Crippen molar-refractivity contribution in [1.29, 1.82) is 0 Å². The zero-order chi connectivity index (χ0) is 12.3. The van der Waals surface area contributed by atoms with Crippen LogP contribution >= 0.6 is 0 Å². The third kappa shape index (κ3) is 2.87. The van der Waals surface area contributed by atoms with Crippen molar-refractivity contribution in [3.8, 4) is 0 Å². The summed E-state index contributed by atoms with van der Waals surface area (Å²) in [5.74, 6) is 1.19. The Labute approximate surface area is 100 Å². The minimum absolute atomic E-state index is 0.191. The van der Waals surface area contributed by atoms with Crippen molar-refractivity contribution in [2.24, 2.45) is 5.92 Å². The van der Waals surface area contributed by atoms with Gasteiger partial charge in [-0.05, 0) is 26.2 Å². The Morgan fingerprint density at radius 1 is 1.31 bits per heavy atom. The predicted octanol–water partition coefficient (Wildman–Crippen LogP) is 4.18. The van der Waals surface area contributed by atoms with Gasteiger partial charge in [0.15, 0.2) is 0 Å². The number of aromatic nitrogens is 2. The van der Waals surface area contributed by atoms with Crippen molar-refractivity contribution in [1.82, 2.24) is 9.55 Å². The van der Waals surface area contributed by atoms with Gasteiger partial charge in [0, 0.05) is 17.7 Å². The van der Waals surface area contributed by atoms with Crippen LogP contribution in [0.25, 0.3) is 0 Å². The lowest BCUT2D eigenvalue weighted by atomic mass is 9.95. The van der Waals surface area contributed by atoms with Gasteiger partial charge in [-0.25, -0.2) is 4.98 Å². The van der Waals surface area contributed by atoms with Crippen LogP contribution in [-0.2, 0) is 5.54 Å². The standard InChI is InChI=1S/C14H26N2/c1-7-8-14(5,6)16-9-13(15-10-16)12(4)11(2)3/h9-12H,7-8H2,1-6H3. The maximum atomic E-state index is 4.55. The van der Waals surface area contributed by atoms with Crippen LogP contribution in [-0.4, -0.2) is 9.55 Å². The van der Waals surface area contributed by atoms with Crippen molar-refractivity contribution in [3.63, 3.8) is 0 Å². The quantitative estimate of drug-likeness (QED) is 0.731. The van der Waals surface area contributed by atoms with Crippen molar-refractivity contribution >= 4 is 0 Å². The summed E-state index contributed by atoms with van der Waals surface area (Å²) in [7, 11) is 0. The van der Waals surface area contributed by atoms with Crippen molar-refractivity contribution in [2.45, 2.75) is 65.8 Å². The SMILES string of the molecule is CCCC(C)(C)n1cnc(C(C)C(C)C)c1. The van der Waals surface area contributed by atoms with Gasteiger partial charge in [0.1, 0.15) is 0 Å². The second-order valence-corrected chi connectivity index (χ2v) is 5.80. The van der Waals surface area contributed by atoms with Gasteiger partial charge >= 0.3 is 0 Å². The first-order valence-electron chi connectivity index (χ1n) is 6.43. The summed E-state index contributed by atoms with van der Waals surface area (Å²) in [5, 5.41) is 0. The third-order valence-electron chi connectivity index (χ3n) is 3.63. The van der Waals surface area contributed by atoms with E-state index in [0.717, 1.165) is 0 Å². The molecule has 0 aliphatic rings. The Morgan fingerprint density at radius 2 is 1.94 bits per heavy atom. The van der Waals surface area contributed by atoms with Gasteiger partial charge in [0.05, 0.1) is 12.0 Å². The average molecular weight is 222 g/mol. The third-order valence-corrected chi connectivity index (χ3v) is 3.63. The van der Waals surface area contributed by atoms with Gasteiger partial charge in [-0.3, -0.25) is 0 Å². The van der Waals surface area contributed by atoms with E-state index in [2.05, 4.69) is 57.3 Å². The molecule has 0 spiro atoms. The molecular formula is C14H26N2. The molecule has 1 unspecified atom stereocenters. The molecule has 1 aromatic rings. The summed E-state index contributed by atoms with van der Waals surface area (Å²) < 4.78 is 2.27. The lowest BCUT2D eigenvalue weighted by Gasteiger charge is -2.26. The van der Waals surface area contributed by atoms with Crippen LogP contribution < -0.4 is 0 Å². The van der Waals surface area contributed by atoms with Crippen LogP contribution in [0.15, 0.2) is 12.5 Å². The largest absolute Gasteiger partial charge is 0.332 e. The first kappa shape index (κ1) is 13.3. The molecule has 0 amide bonds. The summed E-state index contributed by atoms with van der Waals surface area (Å²) in [6.45, 7) is 13.5. The van der Waals surface area contributed by atoms with E-state index >= 15 is 0 Å². The molecule has 1 heterocycles. The first-order valence-corrected chi connectivity index (χ1v) is 6.43. The molecule has 0 bridgehead atoms. The molecule has 2 heteroatoms. The molecule has 2 nitrogen and oxygen atoms in total. The van der Waals surface area contributed by atoms with Crippen LogP contribution in [0.3, 0.4) is 0 Å². The van der Waals surface area contributed by atoms with Crippen LogP contribution in [0.1, 0.15) is 66.0 Å². The molecule has 16 heavy (non-hydrogen) atoms. The number of hydrogen-bond acceptors (Lipinski definition) is 1. The molecule has 0 aliphatic heterocycles. The highest BCUT2D eigenvalue weighted by molar-refractivity contribution is 5.06. The van der Waals surface area contributed by atoms with E-state index < -0.39 is 0 Å². The normalized spacial score (nSPS) is 14.4. The zero-order valence-electron chi connectivity index (χ0n) is 11.6. The average Bonchev–Trinajstić information content (AvgIpc) is 2.65. The molecule has 0 radical (unpaired) electrons. The molecular weight excluding hydrogens is 196 g/mol. The first-order chi connectivity index (χ1) is 7.38. The van der Waals surface area contributed by atoms with Crippen molar-refractivity contribution in [2.75, 3.05) is 0 Å². The Kier molecular flexibility index (Phi) is 4.17. The molecule has 0 saturated heterocycles. The van der Waals surface area contributed by atoms with Crippen LogP contribution in [0.4, 0.5) is 0 Å². The second kappa shape index (κ2) is 5.03. The van der Waals surface area contributed by atoms with E-state index in [1.165, 1.54) is 18.5 Å². The summed E-state index contributed by atoms with van der Waals surface area (Å²) in [4.78, 5) is 4.55. The Hall–Kier alpha value is -0.790. The summed E-state index contributed by atoms with van der Waals surface area (Å²) in [6, 6.07) is 0. The fourth-order valence-corrected chi connectivity index (χ4v) is 1.99. The Balaban J connectivity index is 2.86. The summed E-state index contributed by atoms with van der Waals surface area (Å²) in [5.41, 5.74) is 1.41. The van der Waals surface area contributed by atoms with Gasteiger partial charge in [0.25, 0.3) is 0 Å². The van der Waals surface area contributed by atoms with Gasteiger partial charge < -0.3 is 4.57 Å². The minimum atomic E-state index is 0.191. The van der Waals surface area contributed by atoms with Crippen molar-refractivity contribution in [3.05, 3.63) is 18.2 Å². The fourth-order valence-electron chi connectivity index (χ4n) is 1.99. The topological polar surface area (TPSA) is 17.8 Å². The lowest BCUT2D eigenvalue weighted by molar-refractivity contribution is 0.323. The highest BCUT2D eigenvalue weighted by Crippen LogP contribution is 2.26. The molecule has 1 aromatic heterocycles. The number of imidazole rings is 1. The van der Waals surface area contributed by atoms with Gasteiger partial charge in [-0.15, -0.1) is 0 Å². The van der Waals surface area contributed by atoms with E-state index in [4.69, 9.17) is 0 Å². The van der Waals surface area contributed by atoms with Gasteiger partial charge in [-0.1, -0.05) is 34.1 Å². The molecule has 0 saturated carbocycles. The molecule has 92 valence electrons. The highest BCUT2D eigenvalue weighted by Gasteiger charge is 2.21.